The van der Waals surface area contributed by atoms with E-state index in [9.17, 15) is 9.59 Å². The maximum atomic E-state index is 12.8. The molecule has 0 aliphatic heterocycles. The first-order chi connectivity index (χ1) is 13.9. The molecule has 1 aromatic heterocycles. The molecule has 0 bridgehead atoms. The number of ether oxygens (including phenoxy) is 1. The van der Waals surface area contributed by atoms with Crippen LogP contribution in [0.4, 0.5) is 5.69 Å². The Morgan fingerprint density at radius 1 is 1.10 bits per heavy atom. The van der Waals surface area contributed by atoms with Crippen molar-refractivity contribution in [1.29, 1.82) is 0 Å². The molecule has 7 nitrogen and oxygen atoms in total. The molecule has 0 aliphatic rings. The molecule has 0 atom stereocenters. The quantitative estimate of drug-likeness (QED) is 0.647. The second-order valence-electron chi connectivity index (χ2n) is 6.97. The van der Waals surface area contributed by atoms with Crippen LogP contribution in [-0.2, 0) is 16.0 Å². The van der Waals surface area contributed by atoms with Gasteiger partial charge in [0, 0.05) is 5.69 Å². The molecule has 3 rings (SSSR count). The second-order valence-corrected chi connectivity index (χ2v) is 6.97. The van der Waals surface area contributed by atoms with Crippen molar-refractivity contribution in [2.75, 3.05) is 12.4 Å². The third-order valence-electron chi connectivity index (χ3n) is 4.59. The van der Waals surface area contributed by atoms with Crippen molar-refractivity contribution in [3.63, 3.8) is 0 Å². The molecule has 1 amide bonds. The van der Waals surface area contributed by atoms with E-state index >= 15 is 0 Å². The monoisotopic (exact) mass is 392 g/mol. The summed E-state index contributed by atoms with van der Waals surface area (Å²) >= 11 is 0. The number of nitrogens with one attached hydrogen (secondary N) is 1. The van der Waals surface area contributed by atoms with E-state index in [4.69, 9.17) is 4.74 Å². The fraction of sp³-hybridized carbons (Fsp3) is 0.273. The standard InChI is InChI=1S/C22H24N4O3/c1-14(2)17-10-6-8-12-19(17)26-15(3)23-21(25-26)22(28)24-18-11-7-5-9-16(18)13-20(27)29-4/h5-12,14H,13H2,1-4H3,(H,24,28). The van der Waals surface area contributed by atoms with E-state index in [2.05, 4.69) is 29.2 Å². The topological polar surface area (TPSA) is 86.1 Å². The number of benzene rings is 2. The summed E-state index contributed by atoms with van der Waals surface area (Å²) in [5.41, 5.74) is 3.21. The van der Waals surface area contributed by atoms with Crippen molar-refractivity contribution in [2.45, 2.75) is 33.1 Å². The Morgan fingerprint density at radius 2 is 1.79 bits per heavy atom. The number of nitrogens with zero attached hydrogens (tertiary/aromatic N) is 3. The number of aryl methyl sites for hydroxylation is 1. The SMILES string of the molecule is COC(=O)Cc1ccccc1NC(=O)c1nc(C)n(-c2ccccc2C(C)C)n1. The summed E-state index contributed by atoms with van der Waals surface area (Å²) in [6.45, 7) is 6.03. The molecule has 3 aromatic rings. The van der Waals surface area contributed by atoms with Crippen LogP contribution in [0.15, 0.2) is 48.5 Å². The fourth-order valence-electron chi connectivity index (χ4n) is 3.09. The van der Waals surface area contributed by atoms with Gasteiger partial charge in [-0.3, -0.25) is 9.59 Å². The van der Waals surface area contributed by atoms with E-state index in [0.717, 1.165) is 11.3 Å². The minimum Gasteiger partial charge on any atom is -0.469 e. The summed E-state index contributed by atoms with van der Waals surface area (Å²) in [5.74, 6) is 0.165. The van der Waals surface area contributed by atoms with Crippen molar-refractivity contribution in [2.24, 2.45) is 0 Å². The first-order valence-electron chi connectivity index (χ1n) is 9.39. The van der Waals surface area contributed by atoms with Crippen LogP contribution in [0.3, 0.4) is 0 Å². The number of carbonyl (C=O) groups is 2. The van der Waals surface area contributed by atoms with Gasteiger partial charge in [-0.25, -0.2) is 9.67 Å². The van der Waals surface area contributed by atoms with Gasteiger partial charge in [-0.15, -0.1) is 5.10 Å². The fourth-order valence-corrected chi connectivity index (χ4v) is 3.09. The van der Waals surface area contributed by atoms with Crippen LogP contribution in [0.5, 0.6) is 0 Å². The number of esters is 1. The Bertz CT molecular complexity index is 1040. The van der Waals surface area contributed by atoms with E-state index < -0.39 is 5.91 Å². The van der Waals surface area contributed by atoms with Crippen LogP contribution in [0.1, 0.15) is 47.3 Å². The second kappa shape index (κ2) is 8.68. The van der Waals surface area contributed by atoms with Crippen molar-refractivity contribution >= 4 is 17.6 Å². The maximum Gasteiger partial charge on any atom is 0.310 e. The highest BCUT2D eigenvalue weighted by Gasteiger charge is 2.19. The lowest BCUT2D eigenvalue weighted by atomic mass is 10.0. The number of hydrogen-bond acceptors (Lipinski definition) is 5. The minimum atomic E-state index is -0.439. The molecule has 0 saturated heterocycles. The molecule has 1 N–H and O–H groups in total. The summed E-state index contributed by atoms with van der Waals surface area (Å²) in [6.07, 6.45) is 0.0651. The molecule has 1 heterocycles. The molecule has 2 aromatic carbocycles. The van der Waals surface area contributed by atoms with Crippen LogP contribution in [-0.4, -0.2) is 33.8 Å². The first-order valence-corrected chi connectivity index (χ1v) is 9.39. The molecule has 29 heavy (non-hydrogen) atoms. The third-order valence-corrected chi connectivity index (χ3v) is 4.59. The smallest absolute Gasteiger partial charge is 0.310 e. The largest absolute Gasteiger partial charge is 0.469 e. The summed E-state index contributed by atoms with van der Waals surface area (Å²) in [4.78, 5) is 28.7. The van der Waals surface area contributed by atoms with Gasteiger partial charge in [0.15, 0.2) is 0 Å². The zero-order valence-electron chi connectivity index (χ0n) is 17.0. The number of methoxy groups -OCH3 is 1. The van der Waals surface area contributed by atoms with Gasteiger partial charge in [-0.1, -0.05) is 50.2 Å². The normalized spacial score (nSPS) is 10.8. The zero-order chi connectivity index (χ0) is 21.0. The predicted octanol–water partition coefficient (Wildman–Crippen LogP) is 3.67. The number of aromatic nitrogens is 3. The first kappa shape index (κ1) is 20.3. The summed E-state index contributed by atoms with van der Waals surface area (Å²) in [7, 11) is 1.33. The highest BCUT2D eigenvalue weighted by Crippen LogP contribution is 2.23. The number of para-hydroxylation sites is 2. The van der Waals surface area contributed by atoms with Gasteiger partial charge in [0.2, 0.25) is 5.82 Å². The average molecular weight is 392 g/mol. The third kappa shape index (κ3) is 4.51. The Kier molecular flexibility index (Phi) is 6.07. The number of amides is 1. The molecule has 0 aliphatic carbocycles. The molecule has 7 heteroatoms. The minimum absolute atomic E-state index is 0.0638. The van der Waals surface area contributed by atoms with Crippen molar-refractivity contribution < 1.29 is 14.3 Å². The lowest BCUT2D eigenvalue weighted by Gasteiger charge is -2.12. The Morgan fingerprint density at radius 3 is 2.52 bits per heavy atom. The van der Waals surface area contributed by atoms with E-state index in [-0.39, 0.29) is 18.2 Å². The molecule has 0 unspecified atom stereocenters. The van der Waals surface area contributed by atoms with E-state index in [0.29, 0.717) is 23.0 Å². The van der Waals surface area contributed by atoms with Crippen LogP contribution in [0, 0.1) is 6.92 Å². The summed E-state index contributed by atoms with van der Waals surface area (Å²) in [5, 5.41) is 7.23. The van der Waals surface area contributed by atoms with Crippen molar-refractivity contribution in [1.82, 2.24) is 14.8 Å². The summed E-state index contributed by atoms with van der Waals surface area (Å²) < 4.78 is 6.40. The predicted molar refractivity (Wildman–Crippen MR) is 110 cm³/mol. The number of rotatable bonds is 6. The van der Waals surface area contributed by atoms with Gasteiger partial charge < -0.3 is 10.1 Å². The van der Waals surface area contributed by atoms with Crippen molar-refractivity contribution in [3.05, 3.63) is 71.3 Å². The molecular weight excluding hydrogens is 368 g/mol. The molecular formula is C22H24N4O3. The molecule has 0 spiro atoms. The highest BCUT2D eigenvalue weighted by atomic mass is 16.5. The van der Waals surface area contributed by atoms with Gasteiger partial charge in [0.25, 0.3) is 5.91 Å². The zero-order valence-corrected chi connectivity index (χ0v) is 17.0. The lowest BCUT2D eigenvalue weighted by Crippen LogP contribution is -2.16. The Balaban J connectivity index is 1.88. The molecule has 0 radical (unpaired) electrons. The average Bonchev–Trinajstić information content (AvgIpc) is 3.11. The molecule has 0 saturated carbocycles. The van der Waals surface area contributed by atoms with Gasteiger partial charge in [-0.05, 0) is 36.1 Å². The Labute approximate surface area is 169 Å². The van der Waals surface area contributed by atoms with E-state index in [1.54, 1.807) is 28.9 Å². The maximum absolute atomic E-state index is 12.8. The van der Waals surface area contributed by atoms with Gasteiger partial charge in [-0.2, -0.15) is 0 Å². The Hall–Kier alpha value is -3.48. The van der Waals surface area contributed by atoms with Gasteiger partial charge in [0.1, 0.15) is 5.82 Å². The number of hydrogen-bond donors (Lipinski definition) is 1. The molecule has 0 fully saturated rings. The van der Waals surface area contributed by atoms with Crippen LogP contribution in [0.2, 0.25) is 0 Å². The van der Waals surface area contributed by atoms with Crippen LogP contribution >= 0.6 is 0 Å². The van der Waals surface area contributed by atoms with Gasteiger partial charge >= 0.3 is 5.97 Å². The van der Waals surface area contributed by atoms with E-state index in [1.807, 2.05) is 31.2 Å². The number of carbonyl (C=O) groups excluding carboxylic acids is 2. The summed E-state index contributed by atoms with van der Waals surface area (Å²) in [6, 6.07) is 15.0. The van der Waals surface area contributed by atoms with Crippen LogP contribution in [0.25, 0.3) is 5.69 Å². The van der Waals surface area contributed by atoms with Crippen LogP contribution < -0.4 is 5.32 Å². The highest BCUT2D eigenvalue weighted by molar-refractivity contribution is 6.02. The molecule has 150 valence electrons. The number of anilines is 1. The van der Waals surface area contributed by atoms with E-state index in [1.165, 1.54) is 7.11 Å². The van der Waals surface area contributed by atoms with Gasteiger partial charge in [0.05, 0.1) is 19.2 Å². The van der Waals surface area contributed by atoms with Crippen molar-refractivity contribution in [3.8, 4) is 5.69 Å². The lowest BCUT2D eigenvalue weighted by molar-refractivity contribution is -0.139.